The number of likely N-dealkylation sites (N-methyl/N-ethyl adjacent to an activating group) is 1. The Kier molecular flexibility index (Phi) is 5.87. The van der Waals surface area contributed by atoms with Gasteiger partial charge < -0.3 is 10.0 Å². The lowest BCUT2D eigenvalue weighted by Gasteiger charge is -2.43. The molecular formula is C19H30FN3O. The Labute approximate surface area is 144 Å². The molecule has 134 valence electrons. The first-order chi connectivity index (χ1) is 11.6. The van der Waals surface area contributed by atoms with Crippen molar-refractivity contribution in [2.24, 2.45) is 0 Å². The molecule has 1 unspecified atom stereocenters. The van der Waals surface area contributed by atoms with Crippen LogP contribution < -0.4 is 0 Å². The number of halogens is 1. The van der Waals surface area contributed by atoms with E-state index in [2.05, 4.69) is 21.6 Å². The second-order valence-corrected chi connectivity index (χ2v) is 7.38. The Bertz CT molecular complexity index is 533. The van der Waals surface area contributed by atoms with E-state index in [0.29, 0.717) is 0 Å². The van der Waals surface area contributed by atoms with Gasteiger partial charge in [0.2, 0.25) is 0 Å². The highest BCUT2D eigenvalue weighted by molar-refractivity contribution is 5.16. The van der Waals surface area contributed by atoms with E-state index in [-0.39, 0.29) is 5.82 Å². The lowest BCUT2D eigenvalue weighted by Crippen LogP contribution is -2.57. The number of aliphatic hydroxyl groups is 1. The van der Waals surface area contributed by atoms with Crippen LogP contribution in [-0.4, -0.2) is 77.8 Å². The molecule has 2 fully saturated rings. The molecular weight excluding hydrogens is 305 g/mol. The quantitative estimate of drug-likeness (QED) is 0.889. The Morgan fingerprint density at radius 1 is 1.08 bits per heavy atom. The molecule has 1 aromatic carbocycles. The third kappa shape index (κ3) is 4.76. The zero-order chi connectivity index (χ0) is 17.0. The fourth-order valence-corrected chi connectivity index (χ4v) is 4.02. The van der Waals surface area contributed by atoms with Crippen molar-refractivity contribution in [2.75, 3.05) is 52.4 Å². The number of rotatable bonds is 5. The maximum Gasteiger partial charge on any atom is 0.123 e. The van der Waals surface area contributed by atoms with E-state index in [1.165, 1.54) is 6.07 Å². The second-order valence-electron chi connectivity index (χ2n) is 7.38. The number of likely N-dealkylation sites (tertiary alicyclic amines) is 1. The van der Waals surface area contributed by atoms with Crippen LogP contribution in [0.25, 0.3) is 0 Å². The summed E-state index contributed by atoms with van der Waals surface area (Å²) in [5, 5.41) is 10.9. The second kappa shape index (κ2) is 7.91. The van der Waals surface area contributed by atoms with Crippen LogP contribution in [0.5, 0.6) is 0 Å². The van der Waals surface area contributed by atoms with Crippen LogP contribution in [0, 0.1) is 5.82 Å². The van der Waals surface area contributed by atoms with E-state index >= 15 is 0 Å². The molecule has 5 heteroatoms. The van der Waals surface area contributed by atoms with Crippen LogP contribution in [0.1, 0.15) is 25.3 Å². The molecule has 0 aromatic heterocycles. The molecule has 0 amide bonds. The fourth-order valence-electron chi connectivity index (χ4n) is 4.02. The summed E-state index contributed by atoms with van der Waals surface area (Å²) in [5.41, 5.74) is 0.479. The van der Waals surface area contributed by atoms with Crippen LogP contribution in [-0.2, 0) is 6.54 Å². The average Bonchev–Trinajstić information content (AvgIpc) is 2.56. The molecule has 2 aliphatic rings. The third-order valence-corrected chi connectivity index (χ3v) is 5.36. The van der Waals surface area contributed by atoms with Crippen molar-refractivity contribution in [3.8, 4) is 0 Å². The summed E-state index contributed by atoms with van der Waals surface area (Å²) in [5.74, 6) is -0.161. The first kappa shape index (κ1) is 17.8. The summed E-state index contributed by atoms with van der Waals surface area (Å²) < 4.78 is 13.3. The van der Waals surface area contributed by atoms with Crippen LogP contribution in [0.15, 0.2) is 24.3 Å². The maximum atomic E-state index is 13.3. The zero-order valence-corrected chi connectivity index (χ0v) is 14.8. The molecule has 2 saturated heterocycles. The van der Waals surface area contributed by atoms with Crippen LogP contribution in [0.4, 0.5) is 4.39 Å². The number of nitrogens with zero attached hydrogens (tertiary/aromatic N) is 3. The molecule has 0 aliphatic carbocycles. The highest BCUT2D eigenvalue weighted by Crippen LogP contribution is 2.23. The monoisotopic (exact) mass is 335 g/mol. The van der Waals surface area contributed by atoms with E-state index < -0.39 is 5.60 Å². The zero-order valence-electron chi connectivity index (χ0n) is 14.8. The first-order valence-electron chi connectivity index (χ1n) is 9.20. The van der Waals surface area contributed by atoms with Crippen molar-refractivity contribution in [3.63, 3.8) is 0 Å². The number of piperidine rings is 1. The van der Waals surface area contributed by atoms with Crippen molar-refractivity contribution >= 4 is 0 Å². The van der Waals surface area contributed by atoms with Gasteiger partial charge in [-0.25, -0.2) is 4.39 Å². The standard InChI is InChI=1S/C19H30FN3O/c1-2-21-8-4-7-19(24,15-21)16-23-11-9-22(10-12-23)14-17-5-3-6-18(20)13-17/h3,5-6,13,24H,2,4,7-12,14-16H2,1H3. The largest absolute Gasteiger partial charge is 0.387 e. The van der Waals surface area contributed by atoms with Gasteiger partial charge in [0.05, 0.1) is 5.60 Å². The number of hydrogen-bond acceptors (Lipinski definition) is 4. The SMILES string of the molecule is CCN1CCCC(O)(CN2CCN(Cc3cccc(F)c3)CC2)C1. The summed E-state index contributed by atoms with van der Waals surface area (Å²) in [7, 11) is 0. The van der Waals surface area contributed by atoms with Crippen molar-refractivity contribution < 1.29 is 9.50 Å². The lowest BCUT2D eigenvalue weighted by atomic mass is 9.92. The van der Waals surface area contributed by atoms with E-state index in [0.717, 1.165) is 77.3 Å². The molecule has 2 aliphatic heterocycles. The van der Waals surface area contributed by atoms with Gasteiger partial charge in [-0.3, -0.25) is 9.80 Å². The minimum Gasteiger partial charge on any atom is -0.387 e. The normalized spacial score (nSPS) is 27.5. The Hall–Kier alpha value is -1.01. The average molecular weight is 335 g/mol. The lowest BCUT2D eigenvalue weighted by molar-refractivity contribution is -0.0589. The Morgan fingerprint density at radius 3 is 2.54 bits per heavy atom. The Morgan fingerprint density at radius 2 is 1.83 bits per heavy atom. The van der Waals surface area contributed by atoms with E-state index in [1.54, 1.807) is 12.1 Å². The molecule has 1 aromatic rings. The summed E-state index contributed by atoms with van der Waals surface area (Å²) in [4.78, 5) is 7.11. The van der Waals surface area contributed by atoms with E-state index in [9.17, 15) is 9.50 Å². The molecule has 0 bridgehead atoms. The smallest absolute Gasteiger partial charge is 0.123 e. The molecule has 0 saturated carbocycles. The minimum absolute atomic E-state index is 0.161. The van der Waals surface area contributed by atoms with Gasteiger partial charge in [0.15, 0.2) is 0 Å². The molecule has 24 heavy (non-hydrogen) atoms. The number of hydrogen-bond donors (Lipinski definition) is 1. The molecule has 0 spiro atoms. The van der Waals surface area contributed by atoms with Gasteiger partial charge >= 0.3 is 0 Å². The fraction of sp³-hybridized carbons (Fsp3) is 0.684. The number of β-amino-alcohol motifs (C(OH)–C–C–N with tert-alkyl or cyclic N) is 1. The molecule has 4 nitrogen and oxygen atoms in total. The molecule has 3 rings (SSSR count). The summed E-state index contributed by atoms with van der Waals surface area (Å²) >= 11 is 0. The van der Waals surface area contributed by atoms with Crippen molar-refractivity contribution in [3.05, 3.63) is 35.6 Å². The maximum absolute atomic E-state index is 13.3. The van der Waals surface area contributed by atoms with Gasteiger partial charge in [0.25, 0.3) is 0 Å². The third-order valence-electron chi connectivity index (χ3n) is 5.36. The highest BCUT2D eigenvalue weighted by atomic mass is 19.1. The predicted molar refractivity (Wildman–Crippen MR) is 94.4 cm³/mol. The predicted octanol–water partition coefficient (Wildman–Crippen LogP) is 1.79. The van der Waals surface area contributed by atoms with Crippen molar-refractivity contribution in [1.82, 2.24) is 14.7 Å². The highest BCUT2D eigenvalue weighted by Gasteiger charge is 2.35. The van der Waals surface area contributed by atoms with E-state index in [1.807, 2.05) is 6.07 Å². The molecule has 1 atom stereocenters. The van der Waals surface area contributed by atoms with Crippen molar-refractivity contribution in [1.29, 1.82) is 0 Å². The first-order valence-corrected chi connectivity index (χ1v) is 9.20. The van der Waals surface area contributed by atoms with Gasteiger partial charge in [-0.2, -0.15) is 0 Å². The number of piperazine rings is 1. The van der Waals surface area contributed by atoms with E-state index in [4.69, 9.17) is 0 Å². The van der Waals surface area contributed by atoms with Gasteiger partial charge in [0.1, 0.15) is 5.82 Å². The van der Waals surface area contributed by atoms with Crippen LogP contribution >= 0.6 is 0 Å². The molecule has 0 radical (unpaired) electrons. The van der Waals surface area contributed by atoms with Crippen LogP contribution in [0.2, 0.25) is 0 Å². The summed E-state index contributed by atoms with van der Waals surface area (Å²) in [6, 6.07) is 6.88. The molecule has 2 heterocycles. The topological polar surface area (TPSA) is 30.0 Å². The number of benzene rings is 1. The van der Waals surface area contributed by atoms with Crippen LogP contribution in [0.3, 0.4) is 0 Å². The summed E-state index contributed by atoms with van der Waals surface area (Å²) in [6.07, 6.45) is 2.00. The van der Waals surface area contributed by atoms with Crippen molar-refractivity contribution in [2.45, 2.75) is 31.9 Å². The van der Waals surface area contributed by atoms with Gasteiger partial charge in [-0.05, 0) is 43.6 Å². The summed E-state index contributed by atoms with van der Waals surface area (Å²) in [6.45, 7) is 10.6. The van der Waals surface area contributed by atoms with Gasteiger partial charge in [0, 0.05) is 45.8 Å². The molecule has 1 N–H and O–H groups in total. The van der Waals surface area contributed by atoms with Gasteiger partial charge in [-0.1, -0.05) is 19.1 Å². The van der Waals surface area contributed by atoms with Gasteiger partial charge in [-0.15, -0.1) is 0 Å². The minimum atomic E-state index is -0.557. The Balaban J connectivity index is 1.46.